The lowest BCUT2D eigenvalue weighted by molar-refractivity contribution is -0.280. The molecule has 9 heteroatoms. The van der Waals surface area contributed by atoms with Crippen LogP contribution in [0.4, 0.5) is 0 Å². The minimum absolute atomic E-state index is 0.00763. The molecule has 9 nitrogen and oxygen atoms in total. The van der Waals surface area contributed by atoms with E-state index in [-0.39, 0.29) is 68.8 Å². The first kappa shape index (κ1) is 43.9. The number of aliphatic hydroxyl groups excluding tert-OH is 1. The van der Waals surface area contributed by atoms with E-state index in [4.69, 9.17) is 14.2 Å². The van der Waals surface area contributed by atoms with Crippen LogP contribution >= 0.6 is 0 Å². The molecule has 1 aromatic carbocycles. The number of esters is 1. The average molecular weight is 830 g/mol. The topological polar surface area (TPSA) is 131 Å². The Morgan fingerprint density at radius 3 is 2.17 bits per heavy atom. The number of rotatable bonds is 11. The molecular formula is C51H75NO8. The summed E-state index contributed by atoms with van der Waals surface area (Å²) in [6, 6.07) is 8.19. The summed E-state index contributed by atoms with van der Waals surface area (Å²) in [6.07, 6.45) is 8.68. The van der Waals surface area contributed by atoms with Crippen LogP contribution < -0.4 is 10.1 Å². The number of allylic oxidation sites excluding steroid dienone is 1. The fraction of sp³-hybridized carbons (Fsp3) is 0.784. The third kappa shape index (κ3) is 6.25. The number of Topliss-reactive ketones (excluding diaryl/α,β-unsaturated/α-hetero) is 1. The van der Waals surface area contributed by atoms with Gasteiger partial charge in [0, 0.05) is 36.8 Å². The third-order valence-corrected chi connectivity index (χ3v) is 19.9. The third-order valence-electron chi connectivity index (χ3n) is 19.9. The number of benzene rings is 1. The Hall–Kier alpha value is -2.75. The number of hydrogen-bond acceptors (Lipinski definition) is 8. The Kier molecular flexibility index (Phi) is 10.9. The number of carbonyl (C=O) groups is 3. The molecule has 332 valence electrons. The van der Waals surface area contributed by atoms with Crippen molar-refractivity contribution in [2.45, 2.75) is 165 Å². The van der Waals surface area contributed by atoms with E-state index in [1.165, 1.54) is 5.57 Å². The van der Waals surface area contributed by atoms with Crippen LogP contribution in [0.1, 0.15) is 145 Å². The molecule has 0 radical (unpaired) electrons. The van der Waals surface area contributed by atoms with Gasteiger partial charge in [0.2, 0.25) is 0 Å². The van der Waals surface area contributed by atoms with Crippen LogP contribution in [0.5, 0.6) is 5.75 Å². The van der Waals surface area contributed by atoms with E-state index in [2.05, 4.69) is 72.8 Å². The number of carboxylic acids is 1. The van der Waals surface area contributed by atoms with Gasteiger partial charge in [0.25, 0.3) is 0 Å². The molecule has 1 unspecified atom stereocenters. The van der Waals surface area contributed by atoms with E-state index in [1.807, 2.05) is 26.0 Å². The lowest BCUT2D eigenvalue weighted by Crippen LogP contribution is -2.70. The van der Waals surface area contributed by atoms with Gasteiger partial charge < -0.3 is 29.7 Å². The van der Waals surface area contributed by atoms with Gasteiger partial charge in [0.1, 0.15) is 18.0 Å². The van der Waals surface area contributed by atoms with Crippen molar-refractivity contribution in [3.8, 4) is 5.75 Å². The Labute approximate surface area is 359 Å². The van der Waals surface area contributed by atoms with Crippen LogP contribution in [-0.4, -0.2) is 66.0 Å². The summed E-state index contributed by atoms with van der Waals surface area (Å²) in [5.41, 5.74) is 1.97. The van der Waals surface area contributed by atoms with Gasteiger partial charge in [-0.3, -0.25) is 14.4 Å². The fourth-order valence-electron chi connectivity index (χ4n) is 15.7. The van der Waals surface area contributed by atoms with Crippen molar-refractivity contribution in [2.75, 3.05) is 19.8 Å². The number of nitrogens with one attached hydrogen (secondary N) is 1. The lowest BCUT2D eigenvalue weighted by atomic mass is 9.28. The maximum Gasteiger partial charge on any atom is 0.309 e. The van der Waals surface area contributed by atoms with Crippen molar-refractivity contribution < 1.29 is 38.8 Å². The van der Waals surface area contributed by atoms with Gasteiger partial charge in [-0.1, -0.05) is 86.9 Å². The molecule has 0 amide bonds. The van der Waals surface area contributed by atoms with Crippen molar-refractivity contribution in [2.24, 2.45) is 67.5 Å². The highest BCUT2D eigenvalue weighted by Gasteiger charge is 2.75. The molecule has 1 saturated heterocycles. The maximum atomic E-state index is 14.2. The molecule has 1 aliphatic heterocycles. The quantitative estimate of drug-likeness (QED) is 0.187. The second-order valence-electron chi connectivity index (χ2n) is 23.1. The zero-order chi connectivity index (χ0) is 43.4. The monoisotopic (exact) mass is 830 g/mol. The number of carboxylic acid groups (broad SMARTS) is 1. The van der Waals surface area contributed by atoms with E-state index in [0.717, 1.165) is 81.3 Å². The van der Waals surface area contributed by atoms with Crippen LogP contribution in [-0.2, 0) is 30.4 Å². The van der Waals surface area contributed by atoms with Crippen molar-refractivity contribution >= 4 is 17.7 Å². The molecule has 12 atom stereocenters. The molecule has 0 spiro atoms. The summed E-state index contributed by atoms with van der Waals surface area (Å²) >= 11 is 0. The number of ketones is 1. The summed E-state index contributed by atoms with van der Waals surface area (Å²) in [5, 5.41) is 25.7. The summed E-state index contributed by atoms with van der Waals surface area (Å²) in [6.45, 7) is 25.5. The number of aliphatic hydroxyl groups is 1. The fourth-order valence-corrected chi connectivity index (χ4v) is 15.7. The smallest absolute Gasteiger partial charge is 0.309 e. The molecule has 3 N–H and O–H groups in total. The first-order valence-electron chi connectivity index (χ1n) is 23.5. The number of hydrogen-bond donors (Lipinski definition) is 3. The summed E-state index contributed by atoms with van der Waals surface area (Å²) in [7, 11) is 0. The van der Waals surface area contributed by atoms with E-state index >= 15 is 0 Å². The molecule has 6 aliphatic carbocycles. The maximum absolute atomic E-state index is 14.2. The second-order valence-corrected chi connectivity index (χ2v) is 23.1. The molecule has 60 heavy (non-hydrogen) atoms. The van der Waals surface area contributed by atoms with E-state index in [9.17, 15) is 24.6 Å². The largest absolute Gasteiger partial charge is 0.488 e. The summed E-state index contributed by atoms with van der Waals surface area (Å²) < 4.78 is 18.0. The molecule has 1 heterocycles. The van der Waals surface area contributed by atoms with Gasteiger partial charge >= 0.3 is 11.9 Å². The van der Waals surface area contributed by atoms with E-state index in [0.29, 0.717) is 38.5 Å². The lowest BCUT2D eigenvalue weighted by Gasteiger charge is -2.76. The van der Waals surface area contributed by atoms with Gasteiger partial charge in [-0.25, -0.2) is 0 Å². The summed E-state index contributed by atoms with van der Waals surface area (Å²) in [5.74, 6) is -0.191. The summed E-state index contributed by atoms with van der Waals surface area (Å²) in [4.78, 5) is 39.8. The normalized spacial score (nSPS) is 42.0. The van der Waals surface area contributed by atoms with Crippen LogP contribution in [0.3, 0.4) is 0 Å². The number of ether oxygens (including phenoxy) is 3. The first-order chi connectivity index (χ1) is 28.1. The molecule has 6 fully saturated rings. The van der Waals surface area contributed by atoms with E-state index in [1.54, 1.807) is 0 Å². The molecule has 0 aromatic heterocycles. The van der Waals surface area contributed by atoms with Crippen molar-refractivity contribution in [3.63, 3.8) is 0 Å². The van der Waals surface area contributed by atoms with Gasteiger partial charge in [-0.05, 0) is 126 Å². The Bertz CT molecular complexity index is 1900. The Morgan fingerprint density at radius 2 is 1.53 bits per heavy atom. The highest BCUT2D eigenvalue weighted by atomic mass is 16.6. The van der Waals surface area contributed by atoms with Gasteiger partial charge in [-0.15, -0.1) is 0 Å². The molecule has 1 aromatic rings. The number of fused-ring (bicyclic) bond motifs is 7. The highest BCUT2D eigenvalue weighted by Crippen LogP contribution is 2.81. The standard InChI is InChI=1S/C51H75NO8/c1-30(2)41-37(53)26-51(39(54)28-52-27-31-11-13-32(14-12-31)59-33-18-24-58-29-33)23-22-47(7)34(42(41)51)15-20-50(10)48(8)19-17-40(46(5,6)38(48)16-21-49(47,50)9)60-44(57)36-25-35(43(55)56)45(36,3)4/h11-14,30,33-36,38-40,52,54H,15-29H2,1-10H3,(H,55,56)/t33-,34?,35+,36-,38+,39+,40+,47-,48+,49+,50-,51+/m1/s1. The highest BCUT2D eigenvalue weighted by molar-refractivity contribution is 6.00. The SMILES string of the molecule is CC(C)C1=C2C3CC[C@@]4(C)[C@@](C)(CC[C@H]5C(C)(C)[C@@H](OC(=O)[C@H]6C[C@@H](C(=O)O)C6(C)C)CC[C@@]54C)[C@]3(C)CC[C@@]2([C@@H](O)CNCc2ccc(O[C@@H]3CCOC3)cc2)CC1=O. The number of carbonyl (C=O) groups excluding carboxylic acids is 2. The average Bonchev–Trinajstić information content (AvgIpc) is 3.80. The van der Waals surface area contributed by atoms with Crippen LogP contribution in [0.15, 0.2) is 35.4 Å². The Morgan fingerprint density at radius 1 is 0.850 bits per heavy atom. The zero-order valence-corrected chi connectivity index (χ0v) is 38.4. The Balaban J connectivity index is 1.01. The van der Waals surface area contributed by atoms with Gasteiger partial charge in [0.15, 0.2) is 5.78 Å². The number of aliphatic carboxylic acids is 1. The molecule has 0 bridgehead atoms. The van der Waals surface area contributed by atoms with Crippen molar-refractivity contribution in [1.29, 1.82) is 0 Å². The van der Waals surface area contributed by atoms with Crippen molar-refractivity contribution in [3.05, 3.63) is 41.0 Å². The van der Waals surface area contributed by atoms with Crippen molar-refractivity contribution in [1.82, 2.24) is 5.32 Å². The predicted molar refractivity (Wildman–Crippen MR) is 231 cm³/mol. The van der Waals surface area contributed by atoms with Crippen LogP contribution in [0.25, 0.3) is 0 Å². The zero-order valence-electron chi connectivity index (χ0n) is 38.4. The first-order valence-corrected chi connectivity index (χ1v) is 23.5. The molecular weight excluding hydrogens is 755 g/mol. The minimum atomic E-state index is -0.831. The second kappa shape index (κ2) is 14.9. The molecule has 7 aliphatic rings. The van der Waals surface area contributed by atoms with E-state index < -0.39 is 28.8 Å². The minimum Gasteiger partial charge on any atom is -0.488 e. The van der Waals surface area contributed by atoms with Crippen LogP contribution in [0.2, 0.25) is 0 Å². The molecule has 8 rings (SSSR count). The predicted octanol–water partition coefficient (Wildman–Crippen LogP) is 9.33. The van der Waals surface area contributed by atoms with Crippen LogP contribution in [0, 0.1) is 67.5 Å². The van der Waals surface area contributed by atoms with Gasteiger partial charge in [-0.2, -0.15) is 0 Å². The van der Waals surface area contributed by atoms with Gasteiger partial charge in [0.05, 0.1) is 31.2 Å². The molecule has 5 saturated carbocycles.